The average Bonchev–Trinajstić information content (AvgIpc) is 2.86. The van der Waals surface area contributed by atoms with Gasteiger partial charge >= 0.3 is 18.3 Å². The van der Waals surface area contributed by atoms with Gasteiger partial charge in [0, 0.05) is 18.2 Å². The number of carboxylic acid groups (broad SMARTS) is 1. The number of hydrogen-bond donors (Lipinski definition) is 1. The average molecular weight is 399 g/mol. The molecule has 7 nitrogen and oxygen atoms in total. The fraction of sp³-hybridized carbons (Fsp3) is 0.235. The van der Waals surface area contributed by atoms with E-state index >= 15 is 0 Å². The highest BCUT2D eigenvalue weighted by molar-refractivity contribution is 5.93. The highest BCUT2D eigenvalue weighted by Crippen LogP contribution is 2.26. The molecule has 0 saturated carbocycles. The first-order valence-corrected chi connectivity index (χ1v) is 7.92. The summed E-state index contributed by atoms with van der Waals surface area (Å²) in [4.78, 5) is 27.5. The number of imidazole rings is 1. The summed E-state index contributed by atoms with van der Waals surface area (Å²) in [5, 5.41) is 9.12. The van der Waals surface area contributed by atoms with Crippen molar-refractivity contribution in [2.24, 2.45) is 0 Å². The predicted molar refractivity (Wildman–Crippen MR) is 89.2 cm³/mol. The summed E-state index contributed by atoms with van der Waals surface area (Å²) in [7, 11) is 0. The van der Waals surface area contributed by atoms with Crippen LogP contribution in [0.4, 0.5) is 17.6 Å². The highest BCUT2D eigenvalue weighted by Gasteiger charge is 2.23. The van der Waals surface area contributed by atoms with Crippen LogP contribution in [0.1, 0.15) is 30.2 Å². The Bertz CT molecular complexity index is 1140. The molecule has 0 aliphatic rings. The van der Waals surface area contributed by atoms with Gasteiger partial charge in [-0.05, 0) is 19.9 Å². The maximum atomic E-state index is 14.4. The number of hydrogen-bond acceptors (Lipinski definition) is 4. The Labute approximate surface area is 154 Å². The Balaban J connectivity index is 2.39. The van der Waals surface area contributed by atoms with Gasteiger partial charge in [-0.1, -0.05) is 0 Å². The third-order valence-electron chi connectivity index (χ3n) is 3.97. The van der Waals surface area contributed by atoms with Crippen LogP contribution in [0.25, 0.3) is 16.7 Å². The van der Waals surface area contributed by atoms with Crippen molar-refractivity contribution in [2.75, 3.05) is 0 Å². The number of carbonyl (C=O) groups is 1. The van der Waals surface area contributed by atoms with Gasteiger partial charge in [-0.2, -0.15) is 8.78 Å². The van der Waals surface area contributed by atoms with Crippen LogP contribution in [0, 0.1) is 11.6 Å². The van der Waals surface area contributed by atoms with E-state index < -0.39 is 53.1 Å². The summed E-state index contributed by atoms with van der Waals surface area (Å²) in [5.41, 5.74) is -2.10. The Hall–Kier alpha value is -3.37. The largest absolute Gasteiger partial charge is 0.478 e. The van der Waals surface area contributed by atoms with Crippen LogP contribution in [0.5, 0.6) is 5.88 Å². The Kier molecular flexibility index (Phi) is 4.84. The number of pyridine rings is 1. The minimum Gasteiger partial charge on any atom is -0.478 e. The number of benzene rings is 1. The number of ether oxygens (including phenoxy) is 1. The molecule has 0 radical (unpaired) electrons. The molecule has 0 saturated heterocycles. The van der Waals surface area contributed by atoms with E-state index in [1.807, 2.05) is 0 Å². The predicted octanol–water partition coefficient (Wildman–Crippen LogP) is 3.35. The van der Waals surface area contributed by atoms with E-state index in [1.165, 1.54) is 0 Å². The number of alkyl halides is 2. The van der Waals surface area contributed by atoms with Crippen LogP contribution in [-0.4, -0.2) is 31.8 Å². The van der Waals surface area contributed by atoms with Gasteiger partial charge in [-0.25, -0.2) is 23.4 Å². The highest BCUT2D eigenvalue weighted by atomic mass is 19.3. The van der Waals surface area contributed by atoms with Crippen molar-refractivity contribution in [3.8, 4) is 11.6 Å². The van der Waals surface area contributed by atoms with Crippen molar-refractivity contribution in [2.45, 2.75) is 26.5 Å². The van der Waals surface area contributed by atoms with Crippen molar-refractivity contribution in [1.82, 2.24) is 14.1 Å². The summed E-state index contributed by atoms with van der Waals surface area (Å²) in [6, 6.07) is 2.01. The van der Waals surface area contributed by atoms with Crippen LogP contribution >= 0.6 is 0 Å². The number of aromatic carboxylic acids is 1. The number of aromatic nitrogens is 3. The molecule has 0 amide bonds. The van der Waals surface area contributed by atoms with Crippen molar-refractivity contribution in [3.05, 3.63) is 52.1 Å². The van der Waals surface area contributed by atoms with E-state index in [1.54, 1.807) is 13.8 Å². The molecule has 3 rings (SSSR count). The summed E-state index contributed by atoms with van der Waals surface area (Å²) < 4.78 is 59.5. The van der Waals surface area contributed by atoms with Crippen molar-refractivity contribution < 1.29 is 32.2 Å². The first-order valence-electron chi connectivity index (χ1n) is 7.92. The lowest BCUT2D eigenvalue weighted by molar-refractivity contribution is -0.0529. The van der Waals surface area contributed by atoms with E-state index in [9.17, 15) is 27.2 Å². The van der Waals surface area contributed by atoms with Gasteiger partial charge in [-0.15, -0.1) is 0 Å². The van der Waals surface area contributed by atoms with Gasteiger partial charge < -0.3 is 9.84 Å². The van der Waals surface area contributed by atoms with Crippen molar-refractivity contribution in [3.63, 3.8) is 0 Å². The second-order valence-electron chi connectivity index (χ2n) is 6.06. The zero-order valence-corrected chi connectivity index (χ0v) is 14.5. The molecule has 0 aliphatic carbocycles. The summed E-state index contributed by atoms with van der Waals surface area (Å²) >= 11 is 0. The lowest BCUT2D eigenvalue weighted by Gasteiger charge is -2.08. The number of nitrogens with zero attached hydrogens (tertiary/aromatic N) is 3. The van der Waals surface area contributed by atoms with E-state index in [2.05, 4.69) is 9.72 Å². The molecule has 148 valence electrons. The van der Waals surface area contributed by atoms with Gasteiger partial charge in [0.1, 0.15) is 5.82 Å². The smallest absolute Gasteiger partial charge is 0.388 e. The normalized spacial score (nSPS) is 11.6. The quantitative estimate of drug-likeness (QED) is 0.665. The first-order chi connectivity index (χ1) is 13.1. The van der Waals surface area contributed by atoms with Crippen LogP contribution in [-0.2, 0) is 0 Å². The van der Waals surface area contributed by atoms with Crippen LogP contribution in [0.3, 0.4) is 0 Å². The molecular formula is C17H13F4N3O4. The monoisotopic (exact) mass is 399 g/mol. The lowest BCUT2D eigenvalue weighted by atomic mass is 10.1. The topological polar surface area (TPSA) is 86.4 Å². The molecule has 11 heteroatoms. The zero-order valence-electron chi connectivity index (χ0n) is 14.5. The molecule has 0 atom stereocenters. The molecule has 0 spiro atoms. The van der Waals surface area contributed by atoms with Crippen LogP contribution in [0.15, 0.2) is 29.2 Å². The zero-order chi connectivity index (χ0) is 20.7. The first kappa shape index (κ1) is 19.4. The van der Waals surface area contributed by atoms with E-state index in [0.717, 1.165) is 27.3 Å². The van der Waals surface area contributed by atoms with Gasteiger partial charge in [0.05, 0.1) is 28.5 Å². The second kappa shape index (κ2) is 6.98. The van der Waals surface area contributed by atoms with Gasteiger partial charge in [0.2, 0.25) is 5.88 Å². The number of fused-ring (bicyclic) bond motifs is 1. The molecule has 0 unspecified atom stereocenters. The second-order valence-corrected chi connectivity index (χ2v) is 6.06. The molecule has 2 aromatic heterocycles. The lowest BCUT2D eigenvalue weighted by Crippen LogP contribution is -2.25. The van der Waals surface area contributed by atoms with Gasteiger partial charge in [0.25, 0.3) is 0 Å². The number of carboxylic acids is 1. The molecule has 0 bridgehead atoms. The fourth-order valence-corrected chi connectivity index (χ4v) is 2.87. The van der Waals surface area contributed by atoms with E-state index in [4.69, 9.17) is 5.11 Å². The summed E-state index contributed by atoms with van der Waals surface area (Å²) in [5.74, 6) is -4.38. The molecular weight excluding hydrogens is 386 g/mol. The molecule has 1 N–H and O–H groups in total. The molecule has 3 aromatic rings. The molecule has 0 fully saturated rings. The fourth-order valence-electron chi connectivity index (χ4n) is 2.87. The van der Waals surface area contributed by atoms with E-state index in [0.29, 0.717) is 6.20 Å². The standard InChI is InChI=1S/C17H13F4N3O4/c1-7(2)23-12-3-8(15(25)26)9(18)4-13(12)24(17(23)27)11-5-14(28-16(20)21)22-6-10(11)19/h3-7,16H,1-2H3,(H,25,26). The Morgan fingerprint density at radius 3 is 2.39 bits per heavy atom. The maximum absolute atomic E-state index is 14.4. The molecule has 1 aromatic carbocycles. The van der Waals surface area contributed by atoms with Crippen molar-refractivity contribution >= 4 is 17.0 Å². The maximum Gasteiger partial charge on any atom is 0.388 e. The van der Waals surface area contributed by atoms with E-state index in [-0.39, 0.29) is 11.0 Å². The summed E-state index contributed by atoms with van der Waals surface area (Å²) in [6.45, 7) is 0.00186. The van der Waals surface area contributed by atoms with Gasteiger partial charge in [0.15, 0.2) is 5.82 Å². The van der Waals surface area contributed by atoms with Crippen LogP contribution in [0.2, 0.25) is 0 Å². The number of rotatable bonds is 5. The third-order valence-corrected chi connectivity index (χ3v) is 3.97. The Morgan fingerprint density at radius 2 is 1.82 bits per heavy atom. The summed E-state index contributed by atoms with van der Waals surface area (Å²) in [6.07, 6.45) is 0.583. The molecule has 2 heterocycles. The SMILES string of the molecule is CC(C)n1c(=O)n(-c2cc(OC(F)F)ncc2F)c2cc(F)c(C(=O)O)cc21. The van der Waals surface area contributed by atoms with Crippen molar-refractivity contribution in [1.29, 1.82) is 0 Å². The minimum atomic E-state index is -3.23. The van der Waals surface area contributed by atoms with Gasteiger partial charge in [-0.3, -0.25) is 9.13 Å². The Morgan fingerprint density at radius 1 is 1.14 bits per heavy atom. The third kappa shape index (κ3) is 3.19. The molecule has 0 aliphatic heterocycles. The minimum absolute atomic E-state index is 0.0336. The molecule has 28 heavy (non-hydrogen) atoms. The van der Waals surface area contributed by atoms with Crippen LogP contribution < -0.4 is 10.4 Å². The number of halogens is 4.